The highest BCUT2D eigenvalue weighted by molar-refractivity contribution is 7.91. The van der Waals surface area contributed by atoms with Gasteiger partial charge in [0, 0.05) is 24.9 Å². The molecule has 0 aliphatic rings. The predicted octanol–water partition coefficient (Wildman–Crippen LogP) is 2.82. The van der Waals surface area contributed by atoms with Crippen LogP contribution in [-0.2, 0) is 14.6 Å². The number of hydrogen-bond donors (Lipinski definition) is 1. The lowest BCUT2D eigenvalue weighted by atomic mass is 10.2. The first-order chi connectivity index (χ1) is 11.7. The number of hydrogen-bond acceptors (Lipinski definition) is 4. The van der Waals surface area contributed by atoms with E-state index in [1.165, 1.54) is 25.3 Å². The van der Waals surface area contributed by atoms with E-state index in [-0.39, 0.29) is 28.8 Å². The van der Waals surface area contributed by atoms with Crippen molar-refractivity contribution >= 4 is 15.7 Å². The van der Waals surface area contributed by atoms with Crippen molar-refractivity contribution in [3.63, 3.8) is 0 Å². The van der Waals surface area contributed by atoms with Crippen LogP contribution in [0.2, 0.25) is 0 Å². The van der Waals surface area contributed by atoms with Crippen molar-refractivity contribution in [2.75, 3.05) is 6.54 Å². The van der Waals surface area contributed by atoms with E-state index in [0.29, 0.717) is 5.56 Å². The van der Waals surface area contributed by atoms with Gasteiger partial charge in [-0.05, 0) is 42.3 Å². The first-order valence-electron chi connectivity index (χ1n) is 7.91. The van der Waals surface area contributed by atoms with E-state index in [1.54, 1.807) is 32.2 Å². The summed E-state index contributed by atoms with van der Waals surface area (Å²) < 4.78 is 39.6. The first kappa shape index (κ1) is 19.1. The number of pyridine rings is 1. The molecule has 25 heavy (non-hydrogen) atoms. The van der Waals surface area contributed by atoms with Crippen molar-refractivity contribution in [1.82, 2.24) is 10.3 Å². The van der Waals surface area contributed by atoms with Crippen LogP contribution in [0.15, 0.2) is 47.6 Å². The average Bonchev–Trinajstić information content (AvgIpc) is 2.57. The normalized spacial score (nSPS) is 12.8. The summed E-state index contributed by atoms with van der Waals surface area (Å²) in [6, 6.07) is 6.96. The molecule has 0 radical (unpaired) electrons. The van der Waals surface area contributed by atoms with E-state index < -0.39 is 20.9 Å². The molecule has 0 saturated carbocycles. The summed E-state index contributed by atoms with van der Waals surface area (Å²) in [6.45, 7) is 4.88. The molecule has 1 aromatic heterocycles. The van der Waals surface area contributed by atoms with Crippen LogP contribution in [0.5, 0.6) is 0 Å². The smallest absolute Gasteiger partial charge is 0.222 e. The summed E-state index contributed by atoms with van der Waals surface area (Å²) in [6.07, 6.45) is 3.00. The van der Waals surface area contributed by atoms with Crippen LogP contribution >= 0.6 is 0 Å². The molecule has 5 nitrogen and oxygen atoms in total. The Morgan fingerprint density at radius 3 is 2.56 bits per heavy atom. The van der Waals surface area contributed by atoms with Gasteiger partial charge in [0.1, 0.15) is 11.1 Å². The summed E-state index contributed by atoms with van der Waals surface area (Å²) in [7, 11) is -3.84. The van der Waals surface area contributed by atoms with E-state index >= 15 is 0 Å². The number of amides is 1. The number of rotatable bonds is 6. The van der Waals surface area contributed by atoms with E-state index in [0.717, 1.165) is 6.07 Å². The number of nitrogens with zero attached hydrogens (tertiary/aromatic N) is 1. The SMILES string of the molecule is Cc1cc(S(=O)(=O)[C@@H](CNC(=O)C(C)C)c2cccnc2)ccc1F. The van der Waals surface area contributed by atoms with Crippen LogP contribution in [0.3, 0.4) is 0 Å². The van der Waals surface area contributed by atoms with Crippen molar-refractivity contribution < 1.29 is 17.6 Å². The molecule has 1 aromatic carbocycles. The van der Waals surface area contributed by atoms with Gasteiger partial charge in [0.15, 0.2) is 9.84 Å². The number of aryl methyl sites for hydroxylation is 1. The standard InChI is InChI=1S/C18H21FN2O3S/c1-12(2)18(22)21-11-17(14-5-4-8-20-10-14)25(23,24)15-6-7-16(19)13(3)9-15/h4-10,12,17H,11H2,1-3H3,(H,21,22)/t17-/m0/s1. The Balaban J connectivity index is 2.42. The second-order valence-electron chi connectivity index (χ2n) is 6.13. The first-order valence-corrected chi connectivity index (χ1v) is 9.45. The molecule has 7 heteroatoms. The minimum atomic E-state index is -3.84. The predicted molar refractivity (Wildman–Crippen MR) is 93.1 cm³/mol. The second kappa shape index (κ2) is 7.74. The number of aromatic nitrogens is 1. The highest BCUT2D eigenvalue weighted by Crippen LogP contribution is 2.29. The van der Waals surface area contributed by atoms with Gasteiger partial charge in [-0.25, -0.2) is 12.8 Å². The van der Waals surface area contributed by atoms with Crippen molar-refractivity contribution in [2.45, 2.75) is 30.9 Å². The monoisotopic (exact) mass is 364 g/mol. The zero-order valence-electron chi connectivity index (χ0n) is 14.4. The molecule has 0 aliphatic carbocycles. The average molecular weight is 364 g/mol. The number of halogens is 1. The minimum absolute atomic E-state index is 0.0130. The maximum atomic E-state index is 13.5. The summed E-state index contributed by atoms with van der Waals surface area (Å²) in [5.74, 6) is -0.963. The molecule has 1 amide bonds. The van der Waals surface area contributed by atoms with Crippen molar-refractivity contribution in [1.29, 1.82) is 0 Å². The molecule has 134 valence electrons. The molecule has 1 N–H and O–H groups in total. The van der Waals surface area contributed by atoms with Crippen LogP contribution in [0, 0.1) is 18.7 Å². The lowest BCUT2D eigenvalue weighted by molar-refractivity contribution is -0.123. The van der Waals surface area contributed by atoms with E-state index in [4.69, 9.17) is 0 Å². The Labute approximate surface area is 147 Å². The number of carbonyl (C=O) groups is 1. The van der Waals surface area contributed by atoms with Gasteiger partial charge in [-0.15, -0.1) is 0 Å². The number of carbonyl (C=O) groups excluding carboxylic acids is 1. The Bertz CT molecular complexity index is 852. The van der Waals surface area contributed by atoms with Gasteiger partial charge in [0.2, 0.25) is 5.91 Å². The fourth-order valence-electron chi connectivity index (χ4n) is 2.33. The third-order valence-electron chi connectivity index (χ3n) is 3.87. The lowest BCUT2D eigenvalue weighted by Gasteiger charge is -2.19. The molecule has 2 rings (SSSR count). The second-order valence-corrected chi connectivity index (χ2v) is 8.26. The summed E-state index contributed by atoms with van der Waals surface area (Å²) in [5, 5.41) is 1.66. The maximum absolute atomic E-state index is 13.5. The number of sulfone groups is 1. The van der Waals surface area contributed by atoms with Crippen molar-refractivity contribution in [2.24, 2.45) is 5.92 Å². The molecule has 2 aromatic rings. The molecular formula is C18H21FN2O3S. The molecule has 0 bridgehead atoms. The summed E-state index contributed by atoms with van der Waals surface area (Å²) in [5.41, 5.74) is 0.714. The third kappa shape index (κ3) is 4.42. The Morgan fingerprint density at radius 2 is 2.00 bits per heavy atom. The van der Waals surface area contributed by atoms with Gasteiger partial charge in [-0.1, -0.05) is 19.9 Å². The third-order valence-corrected chi connectivity index (χ3v) is 5.97. The highest BCUT2D eigenvalue weighted by atomic mass is 32.2. The summed E-state index contributed by atoms with van der Waals surface area (Å²) >= 11 is 0. The van der Waals surface area contributed by atoms with Crippen LogP contribution in [0.1, 0.15) is 30.2 Å². The van der Waals surface area contributed by atoms with Crippen LogP contribution < -0.4 is 5.32 Å². The molecule has 1 atom stereocenters. The molecule has 0 fully saturated rings. The van der Waals surface area contributed by atoms with Crippen molar-refractivity contribution in [3.05, 3.63) is 59.7 Å². The van der Waals surface area contributed by atoms with Gasteiger partial charge < -0.3 is 5.32 Å². The topological polar surface area (TPSA) is 76.1 Å². The van der Waals surface area contributed by atoms with E-state index in [2.05, 4.69) is 10.3 Å². The Hall–Kier alpha value is -2.28. The highest BCUT2D eigenvalue weighted by Gasteiger charge is 2.30. The zero-order chi connectivity index (χ0) is 18.6. The Kier molecular flexibility index (Phi) is 5.89. The zero-order valence-corrected chi connectivity index (χ0v) is 15.2. The quantitative estimate of drug-likeness (QED) is 0.800. The number of nitrogens with one attached hydrogen (secondary N) is 1. The molecule has 0 saturated heterocycles. The Morgan fingerprint density at radius 1 is 1.28 bits per heavy atom. The minimum Gasteiger partial charge on any atom is -0.354 e. The van der Waals surface area contributed by atoms with Gasteiger partial charge in [-0.2, -0.15) is 0 Å². The molecule has 0 unspecified atom stereocenters. The lowest BCUT2D eigenvalue weighted by Crippen LogP contribution is -2.34. The largest absolute Gasteiger partial charge is 0.354 e. The molecule has 1 heterocycles. The summed E-state index contributed by atoms with van der Waals surface area (Å²) in [4.78, 5) is 15.9. The fourth-order valence-corrected chi connectivity index (χ4v) is 4.06. The van der Waals surface area contributed by atoms with E-state index in [9.17, 15) is 17.6 Å². The molecular weight excluding hydrogens is 343 g/mol. The maximum Gasteiger partial charge on any atom is 0.222 e. The van der Waals surface area contributed by atoms with Crippen LogP contribution in [0.25, 0.3) is 0 Å². The van der Waals surface area contributed by atoms with Crippen molar-refractivity contribution in [3.8, 4) is 0 Å². The number of benzene rings is 1. The van der Waals surface area contributed by atoms with Gasteiger partial charge in [-0.3, -0.25) is 9.78 Å². The molecule has 0 spiro atoms. The molecule has 0 aliphatic heterocycles. The van der Waals surface area contributed by atoms with Gasteiger partial charge >= 0.3 is 0 Å². The van der Waals surface area contributed by atoms with Gasteiger partial charge in [0.25, 0.3) is 0 Å². The van der Waals surface area contributed by atoms with E-state index in [1.807, 2.05) is 0 Å². The van der Waals surface area contributed by atoms with Gasteiger partial charge in [0.05, 0.1) is 4.90 Å². The van der Waals surface area contributed by atoms with Crippen LogP contribution in [-0.4, -0.2) is 25.9 Å². The fraction of sp³-hybridized carbons (Fsp3) is 0.333. The van der Waals surface area contributed by atoms with Crippen LogP contribution in [0.4, 0.5) is 4.39 Å².